The highest BCUT2D eigenvalue weighted by Crippen LogP contribution is 2.31. The highest BCUT2D eigenvalue weighted by molar-refractivity contribution is 8.03. The smallest absolute Gasteiger partial charge is 0.237 e. The van der Waals surface area contributed by atoms with Crippen LogP contribution in [-0.4, -0.2) is 27.1 Å². The molecule has 0 aliphatic rings. The van der Waals surface area contributed by atoms with E-state index >= 15 is 0 Å². The quantitative estimate of drug-likeness (QED) is 0.751. The first-order valence-corrected chi connectivity index (χ1v) is 9.83. The number of amides is 1. The van der Waals surface area contributed by atoms with Crippen molar-refractivity contribution in [2.24, 2.45) is 0 Å². The Balaban J connectivity index is 1.90. The van der Waals surface area contributed by atoms with E-state index in [1.165, 1.54) is 28.7 Å². The zero-order valence-corrected chi connectivity index (χ0v) is 15.3. The fourth-order valence-corrected chi connectivity index (χ4v) is 4.76. The Morgan fingerprint density at radius 3 is 2.55 bits per heavy atom. The van der Waals surface area contributed by atoms with Gasteiger partial charge in [0.05, 0.1) is 5.25 Å². The average molecular weight is 354 g/mol. The molecular formula is C15H19N3OS3. The van der Waals surface area contributed by atoms with Crippen LogP contribution in [0.3, 0.4) is 0 Å². The molecule has 0 saturated carbocycles. The Labute approximate surface area is 143 Å². The third kappa shape index (κ3) is 5.00. The lowest BCUT2D eigenvalue weighted by Gasteiger charge is -2.10. The van der Waals surface area contributed by atoms with Gasteiger partial charge in [0.15, 0.2) is 8.68 Å². The van der Waals surface area contributed by atoms with Crippen molar-refractivity contribution in [1.82, 2.24) is 10.2 Å². The van der Waals surface area contributed by atoms with Crippen LogP contribution in [0.15, 0.2) is 32.9 Å². The largest absolute Gasteiger partial charge is 0.325 e. The maximum Gasteiger partial charge on any atom is 0.237 e. The van der Waals surface area contributed by atoms with Crippen molar-refractivity contribution in [1.29, 1.82) is 0 Å². The van der Waals surface area contributed by atoms with Crippen molar-refractivity contribution in [2.45, 2.75) is 41.1 Å². The van der Waals surface area contributed by atoms with Crippen molar-refractivity contribution in [3.8, 4) is 0 Å². The summed E-state index contributed by atoms with van der Waals surface area (Å²) in [6, 6.07) is 7.95. The van der Waals surface area contributed by atoms with Crippen molar-refractivity contribution in [3.05, 3.63) is 29.8 Å². The van der Waals surface area contributed by atoms with Gasteiger partial charge in [-0.15, -0.1) is 10.2 Å². The maximum absolute atomic E-state index is 12.2. The molecule has 0 radical (unpaired) electrons. The predicted molar refractivity (Wildman–Crippen MR) is 96.1 cm³/mol. The minimum atomic E-state index is -0.210. The van der Waals surface area contributed by atoms with Gasteiger partial charge in [0.2, 0.25) is 5.91 Å². The van der Waals surface area contributed by atoms with E-state index < -0.39 is 0 Å². The number of hydrogen-bond donors (Lipinski definition) is 1. The molecule has 1 atom stereocenters. The van der Waals surface area contributed by atoms with Gasteiger partial charge in [0, 0.05) is 5.69 Å². The number of anilines is 1. The molecule has 1 unspecified atom stereocenters. The zero-order chi connectivity index (χ0) is 15.9. The molecule has 118 valence electrons. The van der Waals surface area contributed by atoms with Gasteiger partial charge < -0.3 is 5.32 Å². The molecule has 1 N–H and O–H groups in total. The van der Waals surface area contributed by atoms with Gasteiger partial charge >= 0.3 is 0 Å². The second-order valence-corrected chi connectivity index (χ2v) is 8.64. The number of carbonyl (C=O) groups excluding carboxylic acids is 1. The monoisotopic (exact) mass is 353 g/mol. The molecule has 0 saturated heterocycles. The molecule has 0 fully saturated rings. The van der Waals surface area contributed by atoms with Gasteiger partial charge in [0.1, 0.15) is 0 Å². The minimum Gasteiger partial charge on any atom is -0.325 e. The van der Waals surface area contributed by atoms with E-state index in [1.807, 2.05) is 31.2 Å². The summed E-state index contributed by atoms with van der Waals surface area (Å²) in [5, 5.41) is 10.9. The van der Waals surface area contributed by atoms with Crippen LogP contribution in [0.25, 0.3) is 0 Å². The molecule has 1 amide bonds. The van der Waals surface area contributed by atoms with Crippen LogP contribution in [0.4, 0.5) is 5.69 Å². The summed E-state index contributed by atoms with van der Waals surface area (Å²) >= 11 is 4.65. The van der Waals surface area contributed by atoms with Gasteiger partial charge in [-0.2, -0.15) is 0 Å². The van der Waals surface area contributed by atoms with E-state index in [-0.39, 0.29) is 11.2 Å². The Hall–Kier alpha value is -1.05. The standard InChI is InChI=1S/C15H19N3OS3/c1-4-11-6-8-12(9-7-11)16-13(19)10(3)21-15-18-17-14(22-15)20-5-2/h6-10H,4-5H2,1-3H3,(H,16,19). The van der Waals surface area contributed by atoms with E-state index in [2.05, 4.69) is 29.4 Å². The summed E-state index contributed by atoms with van der Waals surface area (Å²) in [5.74, 6) is 0.956. The van der Waals surface area contributed by atoms with Crippen LogP contribution in [0.5, 0.6) is 0 Å². The van der Waals surface area contributed by atoms with E-state index in [4.69, 9.17) is 0 Å². The van der Waals surface area contributed by atoms with E-state index in [9.17, 15) is 4.79 Å². The summed E-state index contributed by atoms with van der Waals surface area (Å²) in [4.78, 5) is 12.2. The van der Waals surface area contributed by atoms with Gasteiger partial charge in [-0.3, -0.25) is 4.79 Å². The predicted octanol–water partition coefficient (Wildman–Crippen LogP) is 4.33. The Kier molecular flexibility index (Phi) is 6.72. The molecule has 7 heteroatoms. The minimum absolute atomic E-state index is 0.0193. The average Bonchev–Trinajstić information content (AvgIpc) is 2.95. The first-order chi connectivity index (χ1) is 10.6. The molecule has 22 heavy (non-hydrogen) atoms. The van der Waals surface area contributed by atoms with Crippen LogP contribution in [0.1, 0.15) is 26.3 Å². The first kappa shape index (κ1) is 17.3. The molecule has 1 aromatic heterocycles. The van der Waals surface area contributed by atoms with Gasteiger partial charge in [-0.1, -0.05) is 60.8 Å². The molecule has 0 aliphatic heterocycles. The molecule has 0 bridgehead atoms. The van der Waals surface area contributed by atoms with Crippen molar-refractivity contribution < 1.29 is 4.79 Å². The second-order valence-electron chi connectivity index (χ2n) is 4.57. The second kappa shape index (κ2) is 8.55. The summed E-state index contributed by atoms with van der Waals surface area (Å²) in [6.07, 6.45) is 0.996. The molecule has 1 aromatic carbocycles. The number of benzene rings is 1. The Bertz CT molecular complexity index is 613. The summed E-state index contributed by atoms with van der Waals surface area (Å²) < 4.78 is 1.78. The van der Waals surface area contributed by atoms with Gasteiger partial charge in [-0.05, 0) is 36.8 Å². The van der Waals surface area contributed by atoms with Crippen LogP contribution >= 0.6 is 34.9 Å². The molecule has 2 rings (SSSR count). The number of carbonyl (C=O) groups is 1. The lowest BCUT2D eigenvalue weighted by molar-refractivity contribution is -0.115. The van der Waals surface area contributed by atoms with Crippen molar-refractivity contribution >= 4 is 46.5 Å². The number of aryl methyl sites for hydroxylation is 1. The topological polar surface area (TPSA) is 54.9 Å². The fraction of sp³-hybridized carbons (Fsp3) is 0.400. The van der Waals surface area contributed by atoms with Crippen LogP contribution in [0.2, 0.25) is 0 Å². The molecular weight excluding hydrogens is 334 g/mol. The van der Waals surface area contributed by atoms with Crippen molar-refractivity contribution in [3.63, 3.8) is 0 Å². The van der Waals surface area contributed by atoms with E-state index in [0.717, 1.165) is 26.5 Å². The van der Waals surface area contributed by atoms with Gasteiger partial charge in [0.25, 0.3) is 0 Å². The van der Waals surface area contributed by atoms with E-state index in [0.29, 0.717) is 0 Å². The molecule has 0 spiro atoms. The third-order valence-corrected chi connectivity index (χ3v) is 6.06. The maximum atomic E-state index is 12.2. The number of thioether (sulfide) groups is 2. The Morgan fingerprint density at radius 2 is 1.91 bits per heavy atom. The molecule has 4 nitrogen and oxygen atoms in total. The van der Waals surface area contributed by atoms with Crippen LogP contribution < -0.4 is 5.32 Å². The van der Waals surface area contributed by atoms with Crippen LogP contribution in [-0.2, 0) is 11.2 Å². The third-order valence-electron chi connectivity index (χ3n) is 2.93. The van der Waals surface area contributed by atoms with E-state index in [1.54, 1.807) is 11.8 Å². The number of rotatable bonds is 7. The summed E-state index contributed by atoms with van der Waals surface area (Å²) in [7, 11) is 0. The zero-order valence-electron chi connectivity index (χ0n) is 12.8. The highest BCUT2D eigenvalue weighted by atomic mass is 32.2. The lowest BCUT2D eigenvalue weighted by Crippen LogP contribution is -2.22. The number of aromatic nitrogens is 2. The molecule has 0 aliphatic carbocycles. The number of hydrogen-bond acceptors (Lipinski definition) is 6. The Morgan fingerprint density at radius 1 is 1.23 bits per heavy atom. The fourth-order valence-electron chi connectivity index (χ4n) is 1.70. The highest BCUT2D eigenvalue weighted by Gasteiger charge is 2.17. The van der Waals surface area contributed by atoms with Crippen molar-refractivity contribution in [2.75, 3.05) is 11.1 Å². The molecule has 2 aromatic rings. The summed E-state index contributed by atoms with van der Waals surface area (Å²) in [6.45, 7) is 6.08. The summed E-state index contributed by atoms with van der Waals surface area (Å²) in [5.41, 5.74) is 2.09. The number of nitrogens with one attached hydrogen (secondary N) is 1. The molecule has 1 heterocycles. The number of nitrogens with zero attached hydrogens (tertiary/aromatic N) is 2. The van der Waals surface area contributed by atoms with Gasteiger partial charge in [-0.25, -0.2) is 0 Å². The SMILES string of the molecule is CCSc1nnc(SC(C)C(=O)Nc2ccc(CC)cc2)s1. The lowest BCUT2D eigenvalue weighted by atomic mass is 10.1. The normalized spacial score (nSPS) is 12.1. The van der Waals surface area contributed by atoms with Crippen LogP contribution in [0, 0.1) is 0 Å². The first-order valence-electron chi connectivity index (χ1n) is 7.15.